The Kier molecular flexibility index (Phi) is 10.6. The monoisotopic (exact) mass is 224 g/mol. The summed E-state index contributed by atoms with van der Waals surface area (Å²) in [5.41, 5.74) is 8.04. The zero-order chi connectivity index (χ0) is 13.1. The molecule has 0 aliphatic rings. The van der Waals surface area contributed by atoms with Crippen molar-refractivity contribution in [3.05, 3.63) is 23.8 Å². The van der Waals surface area contributed by atoms with E-state index in [1.54, 1.807) is 6.07 Å². The van der Waals surface area contributed by atoms with Gasteiger partial charge >= 0.3 is 0 Å². The highest BCUT2D eigenvalue weighted by Crippen LogP contribution is 2.15. The molecule has 1 rings (SSSR count). The fourth-order valence-corrected chi connectivity index (χ4v) is 1.09. The van der Waals surface area contributed by atoms with Gasteiger partial charge in [-0.25, -0.2) is 0 Å². The maximum atomic E-state index is 10.7. The summed E-state index contributed by atoms with van der Waals surface area (Å²) >= 11 is 0. The van der Waals surface area contributed by atoms with Crippen LogP contribution in [-0.4, -0.2) is 5.91 Å². The lowest BCUT2D eigenvalue weighted by molar-refractivity contribution is -0.114. The maximum Gasteiger partial charge on any atom is 0.221 e. The molecule has 0 aliphatic carbocycles. The Hall–Kier alpha value is -1.51. The zero-order valence-corrected chi connectivity index (χ0v) is 11.2. The van der Waals surface area contributed by atoms with Crippen molar-refractivity contribution in [2.45, 2.75) is 41.5 Å². The van der Waals surface area contributed by atoms with Crippen molar-refractivity contribution >= 4 is 17.3 Å². The van der Waals surface area contributed by atoms with E-state index in [9.17, 15) is 4.79 Å². The van der Waals surface area contributed by atoms with Crippen molar-refractivity contribution in [2.24, 2.45) is 0 Å². The minimum absolute atomic E-state index is 0.0833. The van der Waals surface area contributed by atoms with Crippen molar-refractivity contribution in [1.29, 1.82) is 0 Å². The number of hydrogen-bond donors (Lipinski definition) is 2. The first-order valence-electron chi connectivity index (χ1n) is 5.72. The van der Waals surface area contributed by atoms with Gasteiger partial charge in [-0.05, 0) is 30.7 Å². The number of rotatable bonds is 1. The lowest BCUT2D eigenvalue weighted by Gasteiger charge is -2.04. The number of aryl methyl sites for hydroxylation is 1. The molecule has 0 saturated heterocycles. The number of amides is 1. The van der Waals surface area contributed by atoms with E-state index in [0.717, 1.165) is 11.3 Å². The van der Waals surface area contributed by atoms with Crippen LogP contribution in [0.15, 0.2) is 18.2 Å². The van der Waals surface area contributed by atoms with Gasteiger partial charge in [0.15, 0.2) is 0 Å². The lowest BCUT2D eigenvalue weighted by Crippen LogP contribution is -2.06. The average molecular weight is 224 g/mol. The first kappa shape index (κ1) is 16.9. The second-order valence-corrected chi connectivity index (χ2v) is 2.81. The van der Waals surface area contributed by atoms with E-state index in [0.29, 0.717) is 5.69 Å². The number of carbonyl (C=O) groups is 1. The second kappa shape index (κ2) is 10.0. The van der Waals surface area contributed by atoms with E-state index in [-0.39, 0.29) is 5.91 Å². The molecule has 3 nitrogen and oxygen atoms in total. The molecule has 0 spiro atoms. The Morgan fingerprint density at radius 1 is 1.12 bits per heavy atom. The van der Waals surface area contributed by atoms with Gasteiger partial charge in [0.1, 0.15) is 0 Å². The summed E-state index contributed by atoms with van der Waals surface area (Å²) in [6, 6.07) is 5.46. The number of nitrogens with one attached hydrogen (secondary N) is 1. The molecule has 0 aromatic heterocycles. The minimum Gasteiger partial charge on any atom is -0.399 e. The van der Waals surface area contributed by atoms with Crippen molar-refractivity contribution < 1.29 is 4.79 Å². The summed E-state index contributed by atoms with van der Waals surface area (Å²) in [6.45, 7) is 11.4. The van der Waals surface area contributed by atoms with Crippen LogP contribution in [0, 0.1) is 6.92 Å². The fraction of sp³-hybridized carbons (Fsp3) is 0.462. The second-order valence-electron chi connectivity index (χ2n) is 2.81. The number of carbonyl (C=O) groups excluding carboxylic acids is 1. The number of hydrogen-bond acceptors (Lipinski definition) is 2. The Labute approximate surface area is 99.0 Å². The van der Waals surface area contributed by atoms with Crippen LogP contribution >= 0.6 is 0 Å². The van der Waals surface area contributed by atoms with Crippen LogP contribution in [0.2, 0.25) is 0 Å². The predicted molar refractivity (Wildman–Crippen MR) is 72.6 cm³/mol. The van der Waals surface area contributed by atoms with Gasteiger partial charge in [-0.3, -0.25) is 4.79 Å². The van der Waals surface area contributed by atoms with E-state index in [1.165, 1.54) is 6.92 Å². The molecule has 0 radical (unpaired) electrons. The molecule has 0 bridgehead atoms. The average Bonchev–Trinajstić information content (AvgIpc) is 2.21. The van der Waals surface area contributed by atoms with Crippen LogP contribution in [0.3, 0.4) is 0 Å². The minimum atomic E-state index is -0.0833. The standard InChI is InChI=1S/C9H12N2O.2C2H6/c1-6-3-8(10)5-9(4-6)11-7(2)12;2*1-2/h3-5H,10H2,1-2H3,(H,11,12);2*1-2H3. The smallest absolute Gasteiger partial charge is 0.221 e. The summed E-state index contributed by atoms with van der Waals surface area (Å²) in [4.78, 5) is 10.7. The Morgan fingerprint density at radius 2 is 1.62 bits per heavy atom. The van der Waals surface area contributed by atoms with Gasteiger partial charge in [-0.1, -0.05) is 27.7 Å². The van der Waals surface area contributed by atoms with Crippen LogP contribution < -0.4 is 11.1 Å². The quantitative estimate of drug-likeness (QED) is 0.716. The van der Waals surface area contributed by atoms with Crippen LogP contribution in [-0.2, 0) is 4.79 Å². The predicted octanol–water partition coefficient (Wildman–Crippen LogP) is 3.59. The van der Waals surface area contributed by atoms with E-state index in [4.69, 9.17) is 5.73 Å². The van der Waals surface area contributed by atoms with Gasteiger partial charge in [0.25, 0.3) is 0 Å². The first-order valence-corrected chi connectivity index (χ1v) is 5.72. The fourth-order valence-electron chi connectivity index (χ4n) is 1.09. The highest BCUT2D eigenvalue weighted by atomic mass is 16.1. The van der Waals surface area contributed by atoms with Gasteiger partial charge in [0.2, 0.25) is 5.91 Å². The third-order valence-electron chi connectivity index (χ3n) is 1.42. The molecule has 92 valence electrons. The number of nitrogen functional groups attached to an aromatic ring is 1. The number of anilines is 2. The van der Waals surface area contributed by atoms with Crippen molar-refractivity contribution in [3.8, 4) is 0 Å². The molecule has 0 unspecified atom stereocenters. The van der Waals surface area contributed by atoms with Crippen molar-refractivity contribution in [2.75, 3.05) is 11.1 Å². The Morgan fingerprint density at radius 3 is 2.00 bits per heavy atom. The van der Waals surface area contributed by atoms with E-state index < -0.39 is 0 Å². The molecule has 1 aromatic rings. The third-order valence-corrected chi connectivity index (χ3v) is 1.42. The van der Waals surface area contributed by atoms with Crippen molar-refractivity contribution in [1.82, 2.24) is 0 Å². The molecule has 3 heteroatoms. The first-order chi connectivity index (χ1) is 7.58. The maximum absolute atomic E-state index is 10.7. The molecule has 0 heterocycles. The largest absolute Gasteiger partial charge is 0.399 e. The molecule has 0 fully saturated rings. The van der Waals surface area contributed by atoms with Crippen molar-refractivity contribution in [3.63, 3.8) is 0 Å². The Balaban J connectivity index is 0. The van der Waals surface area contributed by atoms with Crippen LogP contribution in [0.1, 0.15) is 40.2 Å². The van der Waals surface area contributed by atoms with Crippen LogP contribution in [0.25, 0.3) is 0 Å². The molecule has 0 aliphatic heterocycles. The van der Waals surface area contributed by atoms with E-state index in [1.807, 2.05) is 46.8 Å². The molecule has 1 aromatic carbocycles. The molecule has 0 atom stereocenters. The van der Waals surface area contributed by atoms with Gasteiger partial charge in [0, 0.05) is 18.3 Å². The summed E-state index contributed by atoms with van der Waals surface area (Å²) in [7, 11) is 0. The molecule has 16 heavy (non-hydrogen) atoms. The van der Waals surface area contributed by atoms with E-state index >= 15 is 0 Å². The number of nitrogens with two attached hydrogens (primary N) is 1. The highest BCUT2D eigenvalue weighted by molar-refractivity contribution is 5.89. The molecule has 3 N–H and O–H groups in total. The van der Waals surface area contributed by atoms with E-state index in [2.05, 4.69) is 5.32 Å². The lowest BCUT2D eigenvalue weighted by atomic mass is 10.2. The highest BCUT2D eigenvalue weighted by Gasteiger charge is 1.96. The summed E-state index contributed by atoms with van der Waals surface area (Å²) in [5, 5.41) is 2.67. The van der Waals surface area contributed by atoms with Gasteiger partial charge in [0.05, 0.1) is 0 Å². The summed E-state index contributed by atoms with van der Waals surface area (Å²) in [5.74, 6) is -0.0833. The van der Waals surface area contributed by atoms with Crippen LogP contribution in [0.5, 0.6) is 0 Å². The third kappa shape index (κ3) is 7.85. The molecular weight excluding hydrogens is 200 g/mol. The number of benzene rings is 1. The molecule has 1 amide bonds. The molecular formula is C13H24N2O. The van der Waals surface area contributed by atoms with Gasteiger partial charge in [-0.2, -0.15) is 0 Å². The Bertz CT molecular complexity index is 289. The zero-order valence-electron chi connectivity index (χ0n) is 11.2. The van der Waals surface area contributed by atoms with Crippen LogP contribution in [0.4, 0.5) is 11.4 Å². The molecule has 0 saturated carbocycles. The summed E-state index contributed by atoms with van der Waals surface area (Å²) < 4.78 is 0. The summed E-state index contributed by atoms with van der Waals surface area (Å²) in [6.07, 6.45) is 0. The van der Waals surface area contributed by atoms with Gasteiger partial charge in [-0.15, -0.1) is 0 Å². The normalized spacial score (nSPS) is 7.88. The SMILES string of the molecule is CC.CC.CC(=O)Nc1cc(C)cc(N)c1. The topological polar surface area (TPSA) is 55.1 Å². The van der Waals surface area contributed by atoms with Gasteiger partial charge < -0.3 is 11.1 Å².